The van der Waals surface area contributed by atoms with Gasteiger partial charge in [-0.3, -0.25) is 4.98 Å². The lowest BCUT2D eigenvalue weighted by Crippen LogP contribution is -1.93. The minimum atomic E-state index is 0.563. The van der Waals surface area contributed by atoms with Crippen LogP contribution in [-0.4, -0.2) is 4.98 Å². The van der Waals surface area contributed by atoms with E-state index in [0.29, 0.717) is 11.4 Å². The fraction of sp³-hybridized carbons (Fsp3) is 0.214. The lowest BCUT2D eigenvalue weighted by molar-refractivity contribution is 0.484. The maximum atomic E-state index is 5.79. The van der Waals surface area contributed by atoms with Crippen LogP contribution in [0.3, 0.4) is 0 Å². The molecular weight excluding hydrogens is 212 g/mol. The average molecular weight is 226 g/mol. The van der Waals surface area contributed by atoms with E-state index in [1.165, 1.54) is 24.0 Å². The Hall–Kier alpha value is -2.03. The van der Waals surface area contributed by atoms with Crippen molar-refractivity contribution in [2.75, 3.05) is 5.73 Å². The van der Waals surface area contributed by atoms with Crippen LogP contribution in [0.15, 0.2) is 36.7 Å². The van der Waals surface area contributed by atoms with Gasteiger partial charge in [-0.15, -0.1) is 0 Å². The molecule has 0 spiro atoms. The van der Waals surface area contributed by atoms with Gasteiger partial charge >= 0.3 is 0 Å². The number of ether oxygens (including phenoxy) is 1. The lowest BCUT2D eigenvalue weighted by Gasteiger charge is -2.09. The Balaban J connectivity index is 1.89. The lowest BCUT2D eigenvalue weighted by atomic mass is 10.1. The Morgan fingerprint density at radius 3 is 2.88 bits per heavy atom. The summed E-state index contributed by atoms with van der Waals surface area (Å²) in [6, 6.07) is 8.05. The number of aryl methyl sites for hydroxylation is 2. The molecule has 1 heterocycles. The largest absolute Gasteiger partial charge is 0.455 e. The Bertz CT molecular complexity index is 552. The average Bonchev–Trinajstić information content (AvgIpc) is 2.79. The summed E-state index contributed by atoms with van der Waals surface area (Å²) in [6.07, 6.45) is 6.86. The van der Waals surface area contributed by atoms with E-state index in [2.05, 4.69) is 17.1 Å². The highest BCUT2D eigenvalue weighted by atomic mass is 16.5. The first-order valence-corrected chi connectivity index (χ1v) is 5.82. The molecule has 0 saturated heterocycles. The van der Waals surface area contributed by atoms with Gasteiger partial charge < -0.3 is 10.5 Å². The number of nitrogens with zero attached hydrogens (tertiary/aromatic N) is 1. The number of anilines is 1. The molecule has 0 amide bonds. The molecule has 1 aliphatic rings. The summed E-state index contributed by atoms with van der Waals surface area (Å²) in [5.74, 6) is 1.52. The predicted octanol–water partition coefficient (Wildman–Crippen LogP) is 2.94. The molecule has 86 valence electrons. The van der Waals surface area contributed by atoms with Crippen LogP contribution in [0, 0.1) is 0 Å². The molecule has 0 unspecified atom stereocenters. The molecule has 17 heavy (non-hydrogen) atoms. The SMILES string of the molecule is Nc1cnccc1Oc1ccc2c(c1)CCC2. The maximum Gasteiger partial charge on any atom is 0.153 e. The molecule has 0 bridgehead atoms. The summed E-state index contributed by atoms with van der Waals surface area (Å²) in [5.41, 5.74) is 9.20. The van der Waals surface area contributed by atoms with E-state index >= 15 is 0 Å². The van der Waals surface area contributed by atoms with Crippen molar-refractivity contribution in [3.8, 4) is 11.5 Å². The molecule has 0 aliphatic heterocycles. The molecule has 3 heteroatoms. The van der Waals surface area contributed by atoms with Crippen molar-refractivity contribution in [2.24, 2.45) is 0 Å². The van der Waals surface area contributed by atoms with Crippen LogP contribution < -0.4 is 10.5 Å². The Morgan fingerprint density at radius 2 is 2.00 bits per heavy atom. The summed E-state index contributed by atoms with van der Waals surface area (Å²) in [6.45, 7) is 0. The standard InChI is InChI=1S/C14H14N2O/c15-13-9-16-7-6-14(13)17-12-5-4-10-2-1-3-11(10)8-12/h4-9H,1-3,15H2. The molecule has 2 aromatic rings. The molecule has 0 saturated carbocycles. The quantitative estimate of drug-likeness (QED) is 0.856. The molecule has 0 atom stereocenters. The van der Waals surface area contributed by atoms with Crippen molar-refractivity contribution in [3.63, 3.8) is 0 Å². The van der Waals surface area contributed by atoms with Crippen LogP contribution >= 0.6 is 0 Å². The Kier molecular flexibility index (Phi) is 2.44. The summed E-state index contributed by atoms with van der Waals surface area (Å²) >= 11 is 0. The third kappa shape index (κ3) is 1.96. The molecule has 0 fully saturated rings. The van der Waals surface area contributed by atoms with Gasteiger partial charge in [0.25, 0.3) is 0 Å². The zero-order valence-electron chi connectivity index (χ0n) is 9.52. The minimum absolute atomic E-state index is 0.563. The molecule has 2 N–H and O–H groups in total. The van der Waals surface area contributed by atoms with E-state index in [-0.39, 0.29) is 0 Å². The van der Waals surface area contributed by atoms with E-state index in [9.17, 15) is 0 Å². The van der Waals surface area contributed by atoms with Crippen molar-refractivity contribution < 1.29 is 4.74 Å². The molecular formula is C14H14N2O. The van der Waals surface area contributed by atoms with Crippen LogP contribution in [0.4, 0.5) is 5.69 Å². The number of rotatable bonds is 2. The topological polar surface area (TPSA) is 48.1 Å². The number of hydrogen-bond donors (Lipinski definition) is 1. The molecule has 0 radical (unpaired) electrons. The second-order valence-electron chi connectivity index (χ2n) is 4.30. The van der Waals surface area contributed by atoms with Gasteiger partial charge in [0.05, 0.1) is 11.9 Å². The van der Waals surface area contributed by atoms with Gasteiger partial charge in [0, 0.05) is 12.3 Å². The maximum absolute atomic E-state index is 5.79. The zero-order valence-corrected chi connectivity index (χ0v) is 9.52. The van der Waals surface area contributed by atoms with Gasteiger partial charge in [0.1, 0.15) is 5.75 Å². The van der Waals surface area contributed by atoms with Gasteiger partial charge in [0.2, 0.25) is 0 Å². The normalized spacial score (nSPS) is 13.4. The van der Waals surface area contributed by atoms with Crippen LogP contribution in [-0.2, 0) is 12.8 Å². The van der Waals surface area contributed by atoms with E-state index in [1.54, 1.807) is 18.5 Å². The highest BCUT2D eigenvalue weighted by molar-refractivity contribution is 5.52. The molecule has 3 nitrogen and oxygen atoms in total. The molecule has 3 rings (SSSR count). The molecule has 1 aromatic heterocycles. The van der Waals surface area contributed by atoms with Crippen molar-refractivity contribution in [1.29, 1.82) is 0 Å². The number of aromatic nitrogens is 1. The van der Waals surface area contributed by atoms with Gasteiger partial charge in [-0.05, 0) is 42.5 Å². The number of hydrogen-bond acceptors (Lipinski definition) is 3. The van der Waals surface area contributed by atoms with Crippen molar-refractivity contribution >= 4 is 5.69 Å². The van der Waals surface area contributed by atoms with Gasteiger partial charge in [0.15, 0.2) is 5.75 Å². The third-order valence-corrected chi connectivity index (χ3v) is 3.11. The second-order valence-corrected chi connectivity index (χ2v) is 4.30. The second kappa shape index (κ2) is 4.09. The first-order chi connectivity index (χ1) is 8.33. The van der Waals surface area contributed by atoms with Crippen molar-refractivity contribution in [1.82, 2.24) is 4.98 Å². The van der Waals surface area contributed by atoms with E-state index in [4.69, 9.17) is 10.5 Å². The van der Waals surface area contributed by atoms with Crippen molar-refractivity contribution in [3.05, 3.63) is 47.8 Å². The predicted molar refractivity (Wildman–Crippen MR) is 67.2 cm³/mol. The summed E-state index contributed by atoms with van der Waals surface area (Å²) in [7, 11) is 0. The third-order valence-electron chi connectivity index (χ3n) is 3.11. The molecule has 1 aromatic carbocycles. The van der Waals surface area contributed by atoms with E-state index in [1.807, 2.05) is 6.07 Å². The van der Waals surface area contributed by atoms with Crippen LogP contribution in [0.25, 0.3) is 0 Å². The summed E-state index contributed by atoms with van der Waals surface area (Å²) in [4.78, 5) is 3.94. The van der Waals surface area contributed by atoms with E-state index in [0.717, 1.165) is 12.2 Å². The Morgan fingerprint density at radius 1 is 1.12 bits per heavy atom. The molecule has 1 aliphatic carbocycles. The monoisotopic (exact) mass is 226 g/mol. The number of fused-ring (bicyclic) bond motifs is 1. The van der Waals surface area contributed by atoms with Crippen LogP contribution in [0.1, 0.15) is 17.5 Å². The smallest absolute Gasteiger partial charge is 0.153 e. The first kappa shape index (κ1) is 10.1. The number of benzene rings is 1. The highest BCUT2D eigenvalue weighted by Gasteiger charge is 2.11. The van der Waals surface area contributed by atoms with Crippen molar-refractivity contribution in [2.45, 2.75) is 19.3 Å². The Labute approximate surface area is 100 Å². The summed E-state index contributed by atoms with van der Waals surface area (Å²) in [5, 5.41) is 0. The summed E-state index contributed by atoms with van der Waals surface area (Å²) < 4.78 is 5.77. The number of nitrogens with two attached hydrogens (primary N) is 1. The van der Waals surface area contributed by atoms with Gasteiger partial charge in [-0.1, -0.05) is 6.07 Å². The van der Waals surface area contributed by atoms with Crippen LogP contribution in [0.5, 0.6) is 11.5 Å². The number of pyridine rings is 1. The van der Waals surface area contributed by atoms with Crippen LogP contribution in [0.2, 0.25) is 0 Å². The highest BCUT2D eigenvalue weighted by Crippen LogP contribution is 2.30. The fourth-order valence-electron chi connectivity index (χ4n) is 2.23. The van der Waals surface area contributed by atoms with Gasteiger partial charge in [-0.2, -0.15) is 0 Å². The fourth-order valence-corrected chi connectivity index (χ4v) is 2.23. The first-order valence-electron chi connectivity index (χ1n) is 5.82. The van der Waals surface area contributed by atoms with Gasteiger partial charge in [-0.25, -0.2) is 0 Å². The zero-order chi connectivity index (χ0) is 11.7. The van der Waals surface area contributed by atoms with E-state index < -0.39 is 0 Å². The minimum Gasteiger partial charge on any atom is -0.455 e. The number of nitrogen functional groups attached to an aromatic ring is 1.